The Morgan fingerprint density at radius 3 is 1.36 bits per heavy atom. The minimum Gasteiger partial charge on any atom is -0.376 e. The van der Waals surface area contributed by atoms with Crippen LogP contribution in [-0.2, 0) is 32.3 Å². The van der Waals surface area contributed by atoms with E-state index in [0.717, 1.165) is 29.7 Å². The van der Waals surface area contributed by atoms with E-state index < -0.39 is 35.0 Å². The van der Waals surface area contributed by atoms with Gasteiger partial charge in [-0.25, -0.2) is 0 Å². The average molecular weight is 842 g/mol. The van der Waals surface area contributed by atoms with Gasteiger partial charge in [-0.3, -0.25) is 19.2 Å². The number of amides is 4. The molecule has 4 atom stereocenters. The molecule has 3 aromatic carbocycles. The van der Waals surface area contributed by atoms with Crippen LogP contribution in [0.15, 0.2) is 78.9 Å². The third-order valence-corrected chi connectivity index (χ3v) is 11.0. The number of carbonyl (C=O) groups excluding carboxylic acids is 4. The largest absolute Gasteiger partial charge is 0.376 e. The van der Waals surface area contributed by atoms with Crippen molar-refractivity contribution in [3.8, 4) is 0 Å². The van der Waals surface area contributed by atoms with E-state index in [0.29, 0.717) is 50.4 Å². The molecule has 5 rings (SSSR count). The highest BCUT2D eigenvalue weighted by Gasteiger charge is 2.43. The minimum absolute atomic E-state index is 0.0456. The molecule has 4 amide bonds. The van der Waals surface area contributed by atoms with E-state index >= 15 is 0 Å². The van der Waals surface area contributed by atoms with Gasteiger partial charge in [-0.05, 0) is 108 Å². The van der Waals surface area contributed by atoms with Crippen LogP contribution in [0.25, 0.3) is 0 Å². The molecule has 2 aliphatic heterocycles. The Bertz CT molecular complexity index is 1860. The predicted molar refractivity (Wildman–Crippen MR) is 242 cm³/mol. The third-order valence-electron chi connectivity index (χ3n) is 10.8. The molecule has 59 heavy (non-hydrogen) atoms. The van der Waals surface area contributed by atoms with Gasteiger partial charge in [0.15, 0.2) is 10.2 Å². The Hall–Kier alpha value is -5.28. The lowest BCUT2D eigenvalue weighted by atomic mass is 9.85. The molecule has 316 valence electrons. The summed E-state index contributed by atoms with van der Waals surface area (Å²) < 4.78 is 0. The van der Waals surface area contributed by atoms with Crippen molar-refractivity contribution < 1.29 is 19.2 Å². The number of nitrogens with zero attached hydrogens (tertiary/aromatic N) is 3. The van der Waals surface area contributed by atoms with Crippen molar-refractivity contribution in [1.29, 1.82) is 0 Å². The van der Waals surface area contributed by atoms with Gasteiger partial charge in [0.05, 0.1) is 0 Å². The van der Waals surface area contributed by atoms with Crippen LogP contribution in [-0.4, -0.2) is 80.9 Å². The van der Waals surface area contributed by atoms with Gasteiger partial charge >= 0.3 is 0 Å². The Morgan fingerprint density at radius 1 is 0.644 bits per heavy atom. The fourth-order valence-electron chi connectivity index (χ4n) is 7.68. The molecule has 8 N–H and O–H groups in total. The second kappa shape index (κ2) is 19.2. The molecule has 1 unspecified atom stereocenters. The van der Waals surface area contributed by atoms with E-state index in [2.05, 4.69) is 38.3 Å². The second-order valence-corrected chi connectivity index (χ2v) is 18.4. The van der Waals surface area contributed by atoms with Crippen LogP contribution >= 0.6 is 24.4 Å². The van der Waals surface area contributed by atoms with Crippen molar-refractivity contribution >= 4 is 75.4 Å². The van der Waals surface area contributed by atoms with Crippen LogP contribution in [0.5, 0.6) is 0 Å². The number of hydrogen-bond acceptors (Lipinski definition) is 7. The number of likely N-dealkylation sites (tertiary alicyclic amines) is 2. The van der Waals surface area contributed by atoms with E-state index in [-0.39, 0.29) is 33.9 Å². The third kappa shape index (κ3) is 11.9. The van der Waals surface area contributed by atoms with Crippen molar-refractivity contribution in [2.24, 2.45) is 22.3 Å². The van der Waals surface area contributed by atoms with Gasteiger partial charge in [0.25, 0.3) is 0 Å². The summed E-state index contributed by atoms with van der Waals surface area (Å²) >= 11 is 10.1. The molecule has 0 aromatic heterocycles. The van der Waals surface area contributed by atoms with Gasteiger partial charge in [-0.2, -0.15) is 0 Å². The lowest BCUT2D eigenvalue weighted by molar-refractivity contribution is -0.140. The van der Waals surface area contributed by atoms with E-state index in [1.807, 2.05) is 108 Å². The summed E-state index contributed by atoms with van der Waals surface area (Å²) in [7, 11) is 0. The molecular weight excluding hydrogens is 783 g/mol. The fraction of sp³-hybridized carbons (Fsp3) is 0.455. The number of benzene rings is 3. The Morgan fingerprint density at radius 2 is 1.02 bits per heavy atom. The lowest BCUT2D eigenvalue weighted by Gasteiger charge is -2.35. The van der Waals surface area contributed by atoms with E-state index in [1.165, 1.54) is 0 Å². The quantitative estimate of drug-likeness (QED) is 0.124. The minimum atomic E-state index is -0.655. The van der Waals surface area contributed by atoms with Gasteiger partial charge in [0.2, 0.25) is 23.6 Å². The van der Waals surface area contributed by atoms with Gasteiger partial charge in [-0.15, -0.1) is 0 Å². The van der Waals surface area contributed by atoms with Crippen LogP contribution < -0.4 is 37.6 Å². The molecular formula is C44H59N9O4S2. The smallest absolute Gasteiger partial charge is 0.247 e. The van der Waals surface area contributed by atoms with Crippen molar-refractivity contribution in [1.82, 2.24) is 20.4 Å². The maximum Gasteiger partial charge on any atom is 0.247 e. The van der Waals surface area contributed by atoms with Crippen molar-refractivity contribution in [2.45, 2.75) is 104 Å². The number of nitrogens with one attached hydrogen (secondary N) is 4. The summed E-state index contributed by atoms with van der Waals surface area (Å²) in [6.45, 7) is 13.8. The Balaban J connectivity index is 1.22. The Labute approximate surface area is 359 Å². The lowest BCUT2D eigenvalue weighted by Crippen LogP contribution is -2.58. The number of para-hydroxylation sites is 1. The maximum absolute atomic E-state index is 13.6. The highest BCUT2D eigenvalue weighted by Crippen LogP contribution is 2.29. The highest BCUT2D eigenvalue weighted by molar-refractivity contribution is 7.80. The van der Waals surface area contributed by atoms with Crippen LogP contribution in [0.3, 0.4) is 0 Å². The first-order chi connectivity index (χ1) is 27.8. The van der Waals surface area contributed by atoms with E-state index in [1.54, 1.807) is 9.80 Å². The molecule has 0 bridgehead atoms. The molecule has 15 heteroatoms. The monoisotopic (exact) mass is 841 g/mol. The first-order valence-electron chi connectivity index (χ1n) is 20.1. The molecule has 2 fully saturated rings. The van der Waals surface area contributed by atoms with Gasteiger partial charge in [-0.1, -0.05) is 84.0 Å². The van der Waals surface area contributed by atoms with E-state index in [9.17, 15) is 19.2 Å². The van der Waals surface area contributed by atoms with Crippen LogP contribution in [0.4, 0.5) is 17.1 Å². The van der Waals surface area contributed by atoms with Gasteiger partial charge < -0.3 is 47.4 Å². The topological polar surface area (TPSA) is 178 Å². The highest BCUT2D eigenvalue weighted by atomic mass is 32.1. The molecule has 2 heterocycles. The molecule has 2 saturated heterocycles. The predicted octanol–water partition coefficient (Wildman–Crippen LogP) is 5.25. The molecule has 0 spiro atoms. The first kappa shape index (κ1) is 44.8. The standard InChI is InChI=1S/C44H59N9O4S2/c1-43(2,3)35(49-41(45)58)39(56)52-24-10-14-33(52)37(54)47-30-20-16-28(17-21-30)26-51(32-12-8-7-9-13-32)27-29-18-22-31(23-19-29)48-38(55)34-15-11-25-53(34)40(57)36(44(4,5)6)50-42(46)59/h7-9,12-13,16-23,33-36H,10-11,14-15,24-27H2,1-6H3,(H,47,54)(H,48,55)(H3,45,49,58)(H3,46,50,59)/t33-,34?,35+,36+/m0/s1. The average Bonchev–Trinajstić information content (AvgIpc) is 3.88. The molecule has 13 nitrogen and oxygen atoms in total. The van der Waals surface area contributed by atoms with Crippen LogP contribution in [0, 0.1) is 10.8 Å². The SMILES string of the molecule is CC(C)(C)[C@H](NC(N)=S)C(=O)N1CCCC1C(=O)Nc1ccc(CN(Cc2ccc(NC(=O)[C@@H]3CCCN3C(=O)[C@@H](NC(N)=S)C(C)(C)C)cc2)c2ccccc2)cc1. The van der Waals surface area contributed by atoms with Crippen molar-refractivity contribution in [2.75, 3.05) is 28.6 Å². The zero-order valence-corrected chi connectivity index (χ0v) is 36.6. The van der Waals surface area contributed by atoms with Crippen LogP contribution in [0.1, 0.15) is 78.4 Å². The number of anilines is 3. The summed E-state index contributed by atoms with van der Waals surface area (Å²) in [4.78, 5) is 59.8. The van der Waals surface area contributed by atoms with E-state index in [4.69, 9.17) is 35.9 Å². The zero-order valence-electron chi connectivity index (χ0n) is 34.9. The molecule has 0 saturated carbocycles. The fourth-order valence-corrected chi connectivity index (χ4v) is 7.91. The van der Waals surface area contributed by atoms with Gasteiger partial charge in [0, 0.05) is 43.2 Å². The zero-order chi connectivity index (χ0) is 43.1. The number of carbonyl (C=O) groups is 4. The summed E-state index contributed by atoms with van der Waals surface area (Å²) in [5.74, 6) is -0.851. The van der Waals surface area contributed by atoms with Gasteiger partial charge in [0.1, 0.15) is 24.2 Å². The van der Waals surface area contributed by atoms with Crippen LogP contribution in [0.2, 0.25) is 0 Å². The second-order valence-electron chi connectivity index (χ2n) is 17.6. The molecule has 0 radical (unpaired) electrons. The normalized spacial score (nSPS) is 17.7. The number of hydrogen-bond donors (Lipinski definition) is 6. The first-order valence-corrected chi connectivity index (χ1v) is 21.0. The molecule has 3 aromatic rings. The number of thiocarbonyl (C=S) groups is 2. The number of nitrogens with two attached hydrogens (primary N) is 2. The number of rotatable bonds is 13. The summed E-state index contributed by atoms with van der Waals surface area (Å²) in [5, 5.41) is 12.0. The molecule has 2 aliphatic rings. The van der Waals surface area contributed by atoms with Crippen molar-refractivity contribution in [3.63, 3.8) is 0 Å². The molecule has 0 aliphatic carbocycles. The summed E-state index contributed by atoms with van der Waals surface area (Å²) in [6.07, 6.45) is 2.59. The maximum atomic E-state index is 13.6. The summed E-state index contributed by atoms with van der Waals surface area (Å²) in [5.41, 5.74) is 15.0. The summed E-state index contributed by atoms with van der Waals surface area (Å²) in [6, 6.07) is 23.1. The Kier molecular flexibility index (Phi) is 14.6. The van der Waals surface area contributed by atoms with Crippen molar-refractivity contribution in [3.05, 3.63) is 90.0 Å².